The Morgan fingerprint density at radius 3 is 2.68 bits per heavy atom. The largest absolute Gasteiger partial charge is 0.416 e. The van der Waals surface area contributed by atoms with E-state index in [1.165, 1.54) is 6.07 Å². The van der Waals surface area contributed by atoms with Crippen molar-refractivity contribution in [2.24, 2.45) is 0 Å². The molecule has 1 heterocycles. The second kappa shape index (κ2) is 6.23. The molecule has 0 saturated heterocycles. The first-order valence-electron chi connectivity index (χ1n) is 8.12. The van der Waals surface area contributed by atoms with Crippen molar-refractivity contribution in [3.05, 3.63) is 59.4 Å². The molecule has 1 aromatic heterocycles. The molecule has 1 unspecified atom stereocenters. The van der Waals surface area contributed by atoms with Gasteiger partial charge in [-0.15, -0.1) is 0 Å². The van der Waals surface area contributed by atoms with E-state index in [9.17, 15) is 13.2 Å². The summed E-state index contributed by atoms with van der Waals surface area (Å²) < 4.78 is 46.9. The summed E-state index contributed by atoms with van der Waals surface area (Å²) in [6.07, 6.45) is -4.47. The van der Waals surface area contributed by atoms with Gasteiger partial charge in [-0.05, 0) is 49.7 Å². The normalized spacial score (nSPS) is 13.6. The number of rotatable bonds is 3. The molecule has 3 rings (SSSR count). The molecule has 0 spiro atoms. The van der Waals surface area contributed by atoms with Crippen molar-refractivity contribution in [2.45, 2.75) is 26.1 Å². The zero-order chi connectivity index (χ0) is 19.1. The summed E-state index contributed by atoms with van der Waals surface area (Å²) >= 11 is 0. The van der Waals surface area contributed by atoms with E-state index in [1.807, 2.05) is 0 Å². The van der Waals surface area contributed by atoms with Gasteiger partial charge in [0.2, 0.25) is 0 Å². The van der Waals surface area contributed by atoms with Gasteiger partial charge in [0.15, 0.2) is 0 Å². The number of benzene rings is 2. The Morgan fingerprint density at radius 1 is 1.20 bits per heavy atom. The average molecular weight is 347 g/mol. The molecule has 0 aliphatic carbocycles. The predicted octanol–water partition coefficient (Wildman–Crippen LogP) is 4.71. The third kappa shape index (κ3) is 3.65. The van der Waals surface area contributed by atoms with Gasteiger partial charge in [0.05, 0.1) is 18.5 Å². The number of nitrogen functional groups attached to an aromatic ring is 1. The molecule has 0 radical (unpaired) electrons. The number of aryl methyl sites for hydroxylation is 1. The molecular weight excluding hydrogens is 329 g/mol. The Hall–Kier alpha value is -2.83. The van der Waals surface area contributed by atoms with Crippen LogP contribution in [0.4, 0.5) is 24.7 Å². The van der Waals surface area contributed by atoms with E-state index in [0.717, 1.165) is 12.1 Å². The van der Waals surface area contributed by atoms with E-state index in [2.05, 4.69) is 15.3 Å². The fourth-order valence-corrected chi connectivity index (χ4v) is 2.62. The minimum absolute atomic E-state index is 0.0423. The summed E-state index contributed by atoms with van der Waals surface area (Å²) in [5, 5.41) is 3.75. The van der Waals surface area contributed by atoms with Crippen LogP contribution in [-0.2, 0) is 6.18 Å². The van der Waals surface area contributed by atoms with Crippen LogP contribution in [0.1, 0.15) is 31.3 Å². The maximum Gasteiger partial charge on any atom is 0.416 e. The number of halogens is 3. The van der Waals surface area contributed by atoms with Gasteiger partial charge in [-0.1, -0.05) is 12.1 Å². The van der Waals surface area contributed by atoms with E-state index in [0.29, 0.717) is 34.2 Å². The fourth-order valence-electron chi connectivity index (χ4n) is 2.62. The van der Waals surface area contributed by atoms with Crippen LogP contribution in [0.25, 0.3) is 10.9 Å². The van der Waals surface area contributed by atoms with Crippen molar-refractivity contribution in [2.75, 3.05) is 11.1 Å². The molecule has 3 aromatic rings. The number of nitrogens with zero attached hydrogens (tertiary/aromatic N) is 2. The van der Waals surface area contributed by atoms with Crippen LogP contribution in [0.5, 0.6) is 0 Å². The van der Waals surface area contributed by atoms with Gasteiger partial charge in [0.25, 0.3) is 0 Å². The Bertz CT molecular complexity index is 973. The van der Waals surface area contributed by atoms with Crippen molar-refractivity contribution in [1.29, 1.82) is 0 Å². The van der Waals surface area contributed by atoms with Crippen LogP contribution >= 0.6 is 0 Å². The molecular formula is C18H17F3N4. The molecule has 130 valence electrons. The molecule has 0 amide bonds. The van der Waals surface area contributed by atoms with Crippen LogP contribution in [0.15, 0.2) is 42.4 Å². The molecule has 0 aliphatic heterocycles. The SMILES string of the molecule is [2H]c1ccc2nc(C)nc(NC(C)c3cc(N)cc(C(F)(F)F)c3)c2c1. The monoisotopic (exact) mass is 347 g/mol. The van der Waals surface area contributed by atoms with Crippen molar-refractivity contribution < 1.29 is 14.5 Å². The molecule has 0 fully saturated rings. The van der Waals surface area contributed by atoms with Crippen LogP contribution in [-0.4, -0.2) is 9.97 Å². The van der Waals surface area contributed by atoms with Gasteiger partial charge >= 0.3 is 6.18 Å². The highest BCUT2D eigenvalue weighted by Crippen LogP contribution is 2.33. The van der Waals surface area contributed by atoms with Gasteiger partial charge in [0.1, 0.15) is 11.6 Å². The third-order valence-corrected chi connectivity index (χ3v) is 3.81. The highest BCUT2D eigenvalue weighted by molar-refractivity contribution is 5.89. The van der Waals surface area contributed by atoms with E-state index >= 15 is 0 Å². The molecule has 0 bridgehead atoms. The molecule has 0 saturated carbocycles. The van der Waals surface area contributed by atoms with E-state index in [4.69, 9.17) is 7.10 Å². The third-order valence-electron chi connectivity index (χ3n) is 3.81. The lowest BCUT2D eigenvalue weighted by Gasteiger charge is -2.19. The van der Waals surface area contributed by atoms with Gasteiger partial charge in [-0.25, -0.2) is 9.97 Å². The van der Waals surface area contributed by atoms with Crippen LogP contribution in [0.2, 0.25) is 0 Å². The Morgan fingerprint density at radius 2 is 1.96 bits per heavy atom. The summed E-state index contributed by atoms with van der Waals surface area (Å²) in [6.45, 7) is 3.45. The summed E-state index contributed by atoms with van der Waals surface area (Å²) in [5.74, 6) is 0.985. The van der Waals surface area contributed by atoms with Crippen molar-refractivity contribution >= 4 is 22.4 Å². The maximum atomic E-state index is 13.0. The van der Waals surface area contributed by atoms with Crippen LogP contribution < -0.4 is 11.1 Å². The molecule has 4 nitrogen and oxygen atoms in total. The first-order valence-corrected chi connectivity index (χ1v) is 7.62. The summed E-state index contributed by atoms with van der Waals surface area (Å²) in [7, 11) is 0. The lowest BCUT2D eigenvalue weighted by Crippen LogP contribution is -2.12. The first-order chi connectivity index (χ1) is 12.1. The molecule has 0 aliphatic rings. The predicted molar refractivity (Wildman–Crippen MR) is 92.2 cm³/mol. The van der Waals surface area contributed by atoms with Crippen LogP contribution in [0.3, 0.4) is 0 Å². The van der Waals surface area contributed by atoms with Gasteiger partial charge in [0, 0.05) is 11.1 Å². The minimum atomic E-state index is -4.47. The maximum absolute atomic E-state index is 13.0. The van der Waals surface area contributed by atoms with Crippen molar-refractivity contribution in [3.63, 3.8) is 0 Å². The molecule has 1 atom stereocenters. The smallest absolute Gasteiger partial charge is 0.399 e. The fraction of sp³-hybridized carbons (Fsp3) is 0.222. The molecule has 3 N–H and O–H groups in total. The summed E-state index contributed by atoms with van der Waals surface area (Å²) in [5.41, 5.74) is 5.94. The van der Waals surface area contributed by atoms with E-state index < -0.39 is 17.8 Å². The van der Waals surface area contributed by atoms with Crippen molar-refractivity contribution in [3.8, 4) is 0 Å². The Labute approximate surface area is 144 Å². The quantitative estimate of drug-likeness (QED) is 0.673. The van der Waals surface area contributed by atoms with Gasteiger partial charge < -0.3 is 11.1 Å². The second-order valence-corrected chi connectivity index (χ2v) is 5.81. The number of anilines is 2. The minimum Gasteiger partial charge on any atom is -0.399 e. The molecule has 2 aromatic carbocycles. The average Bonchev–Trinajstić information content (AvgIpc) is 2.54. The van der Waals surface area contributed by atoms with Crippen LogP contribution in [0, 0.1) is 6.92 Å². The van der Waals surface area contributed by atoms with Gasteiger partial charge in [-0.2, -0.15) is 13.2 Å². The zero-order valence-corrected chi connectivity index (χ0v) is 13.6. The highest BCUT2D eigenvalue weighted by Gasteiger charge is 2.31. The Balaban J connectivity index is 2.01. The lowest BCUT2D eigenvalue weighted by atomic mass is 10.0. The number of nitrogens with one attached hydrogen (secondary N) is 1. The van der Waals surface area contributed by atoms with E-state index in [1.54, 1.807) is 32.0 Å². The van der Waals surface area contributed by atoms with Gasteiger partial charge in [-0.3, -0.25) is 0 Å². The summed E-state index contributed by atoms with van der Waals surface area (Å²) in [6, 6.07) is 8.24. The zero-order valence-electron chi connectivity index (χ0n) is 14.6. The number of aromatic nitrogens is 2. The summed E-state index contributed by atoms with van der Waals surface area (Å²) in [4.78, 5) is 8.66. The number of fused-ring (bicyclic) bond motifs is 1. The Kier molecular flexibility index (Phi) is 3.91. The number of alkyl halides is 3. The number of para-hydroxylation sites is 1. The number of hydrogen-bond acceptors (Lipinski definition) is 4. The number of nitrogens with two attached hydrogens (primary N) is 1. The number of hydrogen-bond donors (Lipinski definition) is 2. The topological polar surface area (TPSA) is 63.8 Å². The molecule has 25 heavy (non-hydrogen) atoms. The van der Waals surface area contributed by atoms with E-state index in [-0.39, 0.29) is 5.69 Å². The highest BCUT2D eigenvalue weighted by atomic mass is 19.4. The standard InChI is InChI=1S/C18H17F3N4/c1-10(12-7-13(18(19,20)21)9-14(22)8-12)23-17-15-5-3-4-6-16(15)24-11(2)25-17/h3-10H,22H2,1-2H3,(H,23,24,25)/i3D. The lowest BCUT2D eigenvalue weighted by molar-refractivity contribution is -0.137. The first kappa shape index (κ1) is 15.7. The second-order valence-electron chi connectivity index (χ2n) is 5.81. The van der Waals surface area contributed by atoms with Crippen molar-refractivity contribution in [1.82, 2.24) is 9.97 Å². The molecule has 7 heteroatoms.